The minimum absolute atomic E-state index is 0.0221. The lowest BCUT2D eigenvalue weighted by atomic mass is 10.3. The summed E-state index contributed by atoms with van der Waals surface area (Å²) >= 11 is 0. The third-order valence-electron chi connectivity index (χ3n) is 2.87. The molecule has 14 heteroatoms. The summed E-state index contributed by atoms with van der Waals surface area (Å²) < 4.78 is 71.1. The molecule has 142 valence electrons. The van der Waals surface area contributed by atoms with Gasteiger partial charge in [-0.1, -0.05) is 6.07 Å². The molecule has 0 fully saturated rings. The number of benzene rings is 1. The van der Waals surface area contributed by atoms with Gasteiger partial charge in [-0.3, -0.25) is 4.55 Å². The molecule has 0 radical (unpaired) electrons. The Balaban J connectivity index is 2.18. The van der Waals surface area contributed by atoms with E-state index in [-0.39, 0.29) is 22.5 Å². The number of halogens is 1. The Morgan fingerprint density at radius 2 is 1.85 bits per heavy atom. The first-order valence-corrected chi connectivity index (χ1v) is 9.92. The van der Waals surface area contributed by atoms with Crippen LogP contribution in [-0.2, 0) is 24.4 Å². The van der Waals surface area contributed by atoms with Crippen LogP contribution in [0.15, 0.2) is 29.2 Å². The lowest BCUT2D eigenvalue weighted by molar-refractivity contribution is 0.284. The Morgan fingerprint density at radius 3 is 2.50 bits per heavy atom. The van der Waals surface area contributed by atoms with Crippen molar-refractivity contribution in [1.29, 1.82) is 0 Å². The van der Waals surface area contributed by atoms with Crippen LogP contribution in [0.3, 0.4) is 0 Å². The predicted molar refractivity (Wildman–Crippen MR) is 88.6 cm³/mol. The van der Waals surface area contributed by atoms with Gasteiger partial charge in [0.2, 0.25) is 11.9 Å². The standard InChI is InChI=1S/C12H14FN5O6S2/c1-14-11-16-10(13)17-12(18-11)15-8-3-2-4-9(7-8)25(19,20)6-5-24-26(21,22)23/h2-4,7H,5-6H2,1H3,(H,21,22,23)(H2,14,15,16,17,18). The molecule has 2 aromatic rings. The maximum absolute atomic E-state index is 13.3. The first-order valence-electron chi connectivity index (χ1n) is 6.90. The highest BCUT2D eigenvalue weighted by Gasteiger charge is 2.17. The smallest absolute Gasteiger partial charge is 0.357 e. The second-order valence-corrected chi connectivity index (χ2v) is 7.92. The molecule has 26 heavy (non-hydrogen) atoms. The number of hydrogen-bond acceptors (Lipinski definition) is 10. The van der Waals surface area contributed by atoms with Gasteiger partial charge in [-0.2, -0.15) is 27.8 Å². The number of aromatic nitrogens is 3. The molecule has 0 atom stereocenters. The third-order valence-corrected chi connectivity index (χ3v) is 5.01. The summed E-state index contributed by atoms with van der Waals surface area (Å²) in [6.07, 6.45) is -1.03. The third kappa shape index (κ3) is 5.83. The SMILES string of the molecule is CNc1nc(F)nc(Nc2cccc(S(=O)(=O)CCOS(=O)(=O)O)c2)n1. The molecular weight excluding hydrogens is 393 g/mol. The number of hydrogen-bond donors (Lipinski definition) is 3. The van der Waals surface area contributed by atoms with E-state index in [0.29, 0.717) is 0 Å². The van der Waals surface area contributed by atoms with Crippen molar-refractivity contribution in [2.24, 2.45) is 0 Å². The maximum Gasteiger partial charge on any atom is 0.397 e. The number of rotatable bonds is 8. The van der Waals surface area contributed by atoms with Crippen molar-refractivity contribution in [3.05, 3.63) is 30.3 Å². The molecule has 0 saturated heterocycles. The van der Waals surface area contributed by atoms with Gasteiger partial charge in [0.05, 0.1) is 17.3 Å². The zero-order chi connectivity index (χ0) is 19.4. The number of anilines is 3. The first kappa shape index (κ1) is 19.9. The van der Waals surface area contributed by atoms with Gasteiger partial charge in [0.1, 0.15) is 0 Å². The summed E-state index contributed by atoms with van der Waals surface area (Å²) in [6.45, 7) is -0.747. The van der Waals surface area contributed by atoms with Crippen molar-refractivity contribution in [2.75, 3.05) is 30.0 Å². The van der Waals surface area contributed by atoms with E-state index in [0.717, 1.165) is 0 Å². The fraction of sp³-hybridized carbons (Fsp3) is 0.250. The highest BCUT2D eigenvalue weighted by Crippen LogP contribution is 2.19. The van der Waals surface area contributed by atoms with Gasteiger partial charge in [-0.25, -0.2) is 12.6 Å². The summed E-state index contributed by atoms with van der Waals surface area (Å²) in [5, 5.41) is 5.18. The summed E-state index contributed by atoms with van der Waals surface area (Å²) in [5.74, 6) is -0.849. The average molecular weight is 407 g/mol. The molecule has 0 aliphatic heterocycles. The molecule has 0 aliphatic rings. The van der Waals surface area contributed by atoms with Crippen LogP contribution in [0.5, 0.6) is 0 Å². The van der Waals surface area contributed by atoms with E-state index in [1.165, 1.54) is 31.3 Å². The molecule has 0 amide bonds. The Morgan fingerprint density at radius 1 is 1.15 bits per heavy atom. The second kappa shape index (κ2) is 7.86. The normalized spacial score (nSPS) is 12.0. The van der Waals surface area contributed by atoms with Crippen molar-refractivity contribution < 1.29 is 30.0 Å². The Bertz CT molecular complexity index is 999. The van der Waals surface area contributed by atoms with E-state index in [4.69, 9.17) is 4.55 Å². The molecule has 1 heterocycles. The summed E-state index contributed by atoms with van der Waals surface area (Å²) in [4.78, 5) is 10.5. The van der Waals surface area contributed by atoms with E-state index in [1.54, 1.807) is 0 Å². The Hall–Kier alpha value is -2.42. The minimum atomic E-state index is -4.73. The fourth-order valence-electron chi connectivity index (χ4n) is 1.78. The van der Waals surface area contributed by atoms with Crippen molar-refractivity contribution in [3.8, 4) is 0 Å². The minimum Gasteiger partial charge on any atom is -0.357 e. The van der Waals surface area contributed by atoms with Crippen LogP contribution in [-0.4, -0.2) is 55.7 Å². The van der Waals surface area contributed by atoms with Crippen LogP contribution in [0.2, 0.25) is 0 Å². The summed E-state index contributed by atoms with van der Waals surface area (Å²) in [7, 11) is -7.14. The van der Waals surface area contributed by atoms with Gasteiger partial charge in [-0.05, 0) is 18.2 Å². The lowest BCUT2D eigenvalue weighted by Gasteiger charge is -2.09. The molecule has 0 spiro atoms. The summed E-state index contributed by atoms with van der Waals surface area (Å²) in [5.41, 5.74) is 0.245. The van der Waals surface area contributed by atoms with Gasteiger partial charge in [-0.15, -0.1) is 0 Å². The van der Waals surface area contributed by atoms with Gasteiger partial charge in [0, 0.05) is 12.7 Å². The van der Waals surface area contributed by atoms with E-state index in [9.17, 15) is 21.2 Å². The van der Waals surface area contributed by atoms with E-state index >= 15 is 0 Å². The maximum atomic E-state index is 13.3. The van der Waals surface area contributed by atoms with Crippen molar-refractivity contribution in [3.63, 3.8) is 0 Å². The highest BCUT2D eigenvalue weighted by molar-refractivity contribution is 7.91. The van der Waals surface area contributed by atoms with Crippen LogP contribution in [0.25, 0.3) is 0 Å². The van der Waals surface area contributed by atoms with Gasteiger partial charge >= 0.3 is 16.5 Å². The van der Waals surface area contributed by atoms with Gasteiger partial charge in [0.25, 0.3) is 0 Å². The topological polar surface area (TPSA) is 160 Å². The molecule has 2 rings (SSSR count). The Labute approximate surface area is 148 Å². The lowest BCUT2D eigenvalue weighted by Crippen LogP contribution is -2.15. The monoisotopic (exact) mass is 407 g/mol. The molecular formula is C12H14FN5O6S2. The molecule has 11 nitrogen and oxygen atoms in total. The predicted octanol–water partition coefficient (Wildman–Crippen LogP) is 0.389. The molecule has 0 unspecified atom stereocenters. The van der Waals surface area contributed by atoms with Gasteiger partial charge in [0.15, 0.2) is 9.84 Å². The zero-order valence-electron chi connectivity index (χ0n) is 13.2. The first-order chi connectivity index (χ1) is 12.1. The van der Waals surface area contributed by atoms with E-state index in [1.807, 2.05) is 0 Å². The quantitative estimate of drug-likeness (QED) is 0.519. The molecule has 0 aliphatic carbocycles. The van der Waals surface area contributed by atoms with E-state index < -0.39 is 38.7 Å². The fourth-order valence-corrected chi connectivity index (χ4v) is 3.31. The zero-order valence-corrected chi connectivity index (χ0v) is 14.9. The highest BCUT2D eigenvalue weighted by atomic mass is 32.3. The van der Waals surface area contributed by atoms with Crippen LogP contribution in [0, 0.1) is 6.08 Å². The second-order valence-electron chi connectivity index (χ2n) is 4.72. The van der Waals surface area contributed by atoms with E-state index in [2.05, 4.69) is 29.8 Å². The molecule has 1 aromatic heterocycles. The van der Waals surface area contributed by atoms with Crippen molar-refractivity contribution in [1.82, 2.24) is 15.0 Å². The van der Waals surface area contributed by atoms with Crippen LogP contribution < -0.4 is 10.6 Å². The van der Waals surface area contributed by atoms with Crippen molar-refractivity contribution in [2.45, 2.75) is 4.90 Å². The average Bonchev–Trinajstić information content (AvgIpc) is 2.53. The molecule has 1 aromatic carbocycles. The van der Waals surface area contributed by atoms with Crippen LogP contribution >= 0.6 is 0 Å². The largest absolute Gasteiger partial charge is 0.397 e. The Kier molecular flexibility index (Phi) is 6.01. The van der Waals surface area contributed by atoms with Crippen LogP contribution in [0.1, 0.15) is 0 Å². The molecule has 3 N–H and O–H groups in total. The number of nitrogens with zero attached hydrogens (tertiary/aromatic N) is 3. The van der Waals surface area contributed by atoms with Crippen molar-refractivity contribution >= 4 is 37.8 Å². The van der Waals surface area contributed by atoms with Crippen LogP contribution in [0.4, 0.5) is 22.0 Å². The molecule has 0 bridgehead atoms. The number of nitrogens with one attached hydrogen (secondary N) is 2. The summed E-state index contributed by atoms with van der Waals surface area (Å²) in [6, 6.07) is 5.41. The molecule has 0 saturated carbocycles. The van der Waals surface area contributed by atoms with Gasteiger partial charge < -0.3 is 10.6 Å². The number of sulfone groups is 1.